The summed E-state index contributed by atoms with van der Waals surface area (Å²) in [5.74, 6) is -0.282. The van der Waals surface area contributed by atoms with Gasteiger partial charge in [-0.2, -0.15) is 0 Å². The van der Waals surface area contributed by atoms with Crippen molar-refractivity contribution in [1.82, 2.24) is 9.47 Å². The van der Waals surface area contributed by atoms with Crippen molar-refractivity contribution >= 4 is 17.5 Å². The zero-order valence-corrected chi connectivity index (χ0v) is 22.7. The van der Waals surface area contributed by atoms with Crippen molar-refractivity contribution in [2.24, 2.45) is 11.3 Å². The first-order chi connectivity index (χ1) is 17.5. The van der Waals surface area contributed by atoms with E-state index in [1.165, 1.54) is 12.1 Å². The average Bonchev–Trinajstić information content (AvgIpc) is 3.30. The van der Waals surface area contributed by atoms with E-state index >= 15 is 0 Å². The Morgan fingerprint density at radius 3 is 2.22 bits per heavy atom. The molecule has 37 heavy (non-hydrogen) atoms. The summed E-state index contributed by atoms with van der Waals surface area (Å²) in [4.78, 5) is 31.0. The average molecular weight is 504 g/mol. The number of hydrogen-bond donors (Lipinski definition) is 0. The van der Waals surface area contributed by atoms with E-state index in [-0.39, 0.29) is 41.6 Å². The molecular weight excluding hydrogens is 465 g/mol. The summed E-state index contributed by atoms with van der Waals surface area (Å²) < 4.78 is 15.9. The Bertz CT molecular complexity index is 1260. The molecule has 0 saturated carbocycles. The summed E-state index contributed by atoms with van der Waals surface area (Å²) >= 11 is 0. The minimum atomic E-state index is -0.443. The number of nitrogens with zero attached hydrogens (tertiary/aromatic N) is 3. The highest BCUT2D eigenvalue weighted by Crippen LogP contribution is 2.42. The first-order valence-corrected chi connectivity index (χ1v) is 13.1. The molecule has 3 aromatic rings. The van der Waals surface area contributed by atoms with Crippen LogP contribution >= 0.6 is 0 Å². The Labute approximate surface area is 219 Å². The van der Waals surface area contributed by atoms with Crippen LogP contribution in [0.25, 0.3) is 5.69 Å². The minimum absolute atomic E-state index is 0.00731. The van der Waals surface area contributed by atoms with Gasteiger partial charge in [-0.25, -0.2) is 4.39 Å². The number of aromatic nitrogens is 1. The summed E-state index contributed by atoms with van der Waals surface area (Å²) in [6, 6.07) is 17.5. The van der Waals surface area contributed by atoms with Crippen molar-refractivity contribution in [3.05, 3.63) is 83.9 Å². The molecule has 196 valence electrons. The van der Waals surface area contributed by atoms with Gasteiger partial charge in [0.1, 0.15) is 18.4 Å². The fourth-order valence-electron chi connectivity index (χ4n) is 5.54. The summed E-state index contributed by atoms with van der Waals surface area (Å²) in [5, 5.41) is 0. The number of halogens is 1. The number of anilines is 1. The third kappa shape index (κ3) is 5.79. The van der Waals surface area contributed by atoms with Gasteiger partial charge in [-0.1, -0.05) is 52.0 Å². The smallest absolute Gasteiger partial charge is 0.247 e. The predicted molar refractivity (Wildman–Crippen MR) is 146 cm³/mol. The second-order valence-corrected chi connectivity index (χ2v) is 11.7. The quantitative estimate of drug-likeness (QED) is 0.358. The van der Waals surface area contributed by atoms with Crippen LogP contribution in [-0.4, -0.2) is 33.9 Å². The van der Waals surface area contributed by atoms with Crippen LogP contribution in [0.15, 0.2) is 66.9 Å². The molecule has 1 aliphatic heterocycles. The van der Waals surface area contributed by atoms with Crippen molar-refractivity contribution in [1.29, 1.82) is 0 Å². The second kappa shape index (κ2) is 10.5. The van der Waals surface area contributed by atoms with E-state index < -0.39 is 6.04 Å². The number of amides is 2. The molecule has 0 fully saturated rings. The van der Waals surface area contributed by atoms with Gasteiger partial charge in [0.2, 0.25) is 11.8 Å². The van der Waals surface area contributed by atoms with Gasteiger partial charge < -0.3 is 9.47 Å². The Morgan fingerprint density at radius 2 is 1.59 bits per heavy atom. The molecule has 2 aromatic carbocycles. The fraction of sp³-hybridized carbons (Fsp3) is 0.419. The van der Waals surface area contributed by atoms with E-state index in [0.29, 0.717) is 6.42 Å². The Balaban J connectivity index is 1.69. The number of hydrogen-bond acceptors (Lipinski definition) is 2. The lowest BCUT2D eigenvalue weighted by Gasteiger charge is -2.40. The molecule has 2 amide bonds. The monoisotopic (exact) mass is 503 g/mol. The van der Waals surface area contributed by atoms with E-state index in [1.807, 2.05) is 56.4 Å². The fourth-order valence-corrected chi connectivity index (χ4v) is 5.54. The van der Waals surface area contributed by atoms with Crippen molar-refractivity contribution in [2.75, 3.05) is 11.4 Å². The normalized spacial score (nSPS) is 15.8. The van der Waals surface area contributed by atoms with Crippen LogP contribution in [0, 0.1) is 17.2 Å². The lowest BCUT2D eigenvalue weighted by atomic mass is 9.84. The number of carbonyl (C=O) groups excluding carboxylic acids is 2. The Morgan fingerprint density at radius 1 is 0.946 bits per heavy atom. The van der Waals surface area contributed by atoms with Gasteiger partial charge in [0, 0.05) is 18.7 Å². The SMILES string of the molecule is CC(CC(=O)N(CC(=O)N1c2ccccc2-n2cccc2C1c1ccc(F)cc1)C(C)C)CC(C)(C)C. The van der Waals surface area contributed by atoms with Crippen LogP contribution in [0.4, 0.5) is 10.1 Å². The minimum Gasteiger partial charge on any atom is -0.331 e. The Hall–Kier alpha value is -3.41. The molecule has 0 bridgehead atoms. The van der Waals surface area contributed by atoms with Crippen LogP contribution < -0.4 is 4.90 Å². The third-order valence-electron chi connectivity index (χ3n) is 6.91. The zero-order valence-electron chi connectivity index (χ0n) is 22.7. The van der Waals surface area contributed by atoms with E-state index in [2.05, 4.69) is 32.3 Å². The first-order valence-electron chi connectivity index (χ1n) is 13.1. The van der Waals surface area contributed by atoms with Gasteiger partial charge in [-0.05, 0) is 73.6 Å². The van der Waals surface area contributed by atoms with Crippen LogP contribution in [-0.2, 0) is 9.59 Å². The van der Waals surface area contributed by atoms with Crippen LogP contribution in [0.2, 0.25) is 0 Å². The number of para-hydroxylation sites is 2. The number of rotatable bonds is 7. The van der Waals surface area contributed by atoms with Crippen LogP contribution in [0.5, 0.6) is 0 Å². The molecule has 0 spiro atoms. The van der Waals surface area contributed by atoms with E-state index in [0.717, 1.165) is 29.1 Å². The Kier molecular flexibility index (Phi) is 7.58. The molecule has 0 aliphatic carbocycles. The highest BCUT2D eigenvalue weighted by Gasteiger charge is 2.37. The summed E-state index contributed by atoms with van der Waals surface area (Å²) in [5.41, 5.74) is 3.52. The largest absolute Gasteiger partial charge is 0.331 e. The lowest BCUT2D eigenvalue weighted by molar-refractivity contribution is -0.138. The van der Waals surface area contributed by atoms with Crippen molar-refractivity contribution in [3.63, 3.8) is 0 Å². The van der Waals surface area contributed by atoms with E-state index in [4.69, 9.17) is 0 Å². The summed E-state index contributed by atoms with van der Waals surface area (Å²) in [7, 11) is 0. The molecule has 0 radical (unpaired) electrons. The standard InChI is InChI=1S/C31H38FN3O2/c1-21(2)34(28(36)18-22(3)19-31(4,5)6)20-29(37)35-26-11-8-7-10-25(26)33-17-9-12-27(33)30(35)23-13-15-24(32)16-14-23/h7-17,21-22,30H,18-20H2,1-6H3. The highest BCUT2D eigenvalue weighted by molar-refractivity contribution is 6.00. The molecule has 2 atom stereocenters. The van der Waals surface area contributed by atoms with Crippen molar-refractivity contribution < 1.29 is 14.0 Å². The molecule has 0 saturated heterocycles. The lowest BCUT2D eigenvalue weighted by Crippen LogP contribution is -2.49. The number of carbonyl (C=O) groups is 2. The zero-order chi connectivity index (χ0) is 26.9. The summed E-state index contributed by atoms with van der Waals surface area (Å²) in [6.45, 7) is 12.5. The van der Waals surface area contributed by atoms with E-state index in [1.54, 1.807) is 21.9 Å². The highest BCUT2D eigenvalue weighted by atomic mass is 19.1. The molecular formula is C31H38FN3O2. The predicted octanol–water partition coefficient (Wildman–Crippen LogP) is 6.75. The second-order valence-electron chi connectivity index (χ2n) is 11.7. The molecule has 4 rings (SSSR count). The molecule has 2 unspecified atom stereocenters. The number of benzene rings is 2. The molecule has 5 nitrogen and oxygen atoms in total. The molecule has 1 aliphatic rings. The first kappa shape index (κ1) is 26.6. The number of fused-ring (bicyclic) bond motifs is 3. The summed E-state index contributed by atoms with van der Waals surface area (Å²) in [6.07, 6.45) is 3.32. The van der Waals surface area contributed by atoms with Crippen LogP contribution in [0.1, 0.15) is 71.7 Å². The molecule has 0 N–H and O–H groups in total. The van der Waals surface area contributed by atoms with Gasteiger partial charge in [-0.3, -0.25) is 14.5 Å². The van der Waals surface area contributed by atoms with Gasteiger partial charge >= 0.3 is 0 Å². The maximum atomic E-state index is 14.1. The molecule has 2 heterocycles. The van der Waals surface area contributed by atoms with Gasteiger partial charge in [0.15, 0.2) is 0 Å². The van der Waals surface area contributed by atoms with E-state index in [9.17, 15) is 14.0 Å². The van der Waals surface area contributed by atoms with Crippen LogP contribution in [0.3, 0.4) is 0 Å². The third-order valence-corrected chi connectivity index (χ3v) is 6.91. The van der Waals surface area contributed by atoms with Crippen molar-refractivity contribution in [3.8, 4) is 5.69 Å². The maximum absolute atomic E-state index is 14.1. The maximum Gasteiger partial charge on any atom is 0.247 e. The van der Waals surface area contributed by atoms with Gasteiger partial charge in [-0.15, -0.1) is 0 Å². The topological polar surface area (TPSA) is 45.6 Å². The van der Waals surface area contributed by atoms with Gasteiger partial charge in [0.05, 0.1) is 17.1 Å². The molecule has 6 heteroatoms. The molecule has 1 aromatic heterocycles. The van der Waals surface area contributed by atoms with Crippen molar-refractivity contribution in [2.45, 2.75) is 66.5 Å². The van der Waals surface area contributed by atoms with Gasteiger partial charge in [0.25, 0.3) is 0 Å².